The highest BCUT2D eigenvalue weighted by Gasteiger charge is 2.15. The van der Waals surface area contributed by atoms with E-state index in [1.165, 1.54) is 12.1 Å². The van der Waals surface area contributed by atoms with Crippen molar-refractivity contribution in [1.82, 2.24) is 4.98 Å². The highest BCUT2D eigenvalue weighted by molar-refractivity contribution is 9.10. The molecule has 0 atom stereocenters. The van der Waals surface area contributed by atoms with Crippen molar-refractivity contribution in [1.29, 1.82) is 0 Å². The van der Waals surface area contributed by atoms with E-state index in [4.69, 9.17) is 0 Å². The summed E-state index contributed by atoms with van der Waals surface area (Å²) in [5, 5.41) is 0. The minimum atomic E-state index is -3.61. The van der Waals surface area contributed by atoms with Crippen molar-refractivity contribution in [3.05, 3.63) is 51.7 Å². The molecule has 0 spiro atoms. The van der Waals surface area contributed by atoms with Gasteiger partial charge in [0.25, 0.3) is 10.0 Å². The third kappa shape index (κ3) is 3.09. The Labute approximate surface area is 122 Å². The molecule has 18 heavy (non-hydrogen) atoms. The first-order valence-corrected chi connectivity index (χ1v) is 7.95. The van der Waals surface area contributed by atoms with Crippen LogP contribution in [0.5, 0.6) is 0 Å². The monoisotopic (exact) mass is 390 g/mol. The highest BCUT2D eigenvalue weighted by atomic mass is 79.9. The van der Waals surface area contributed by atoms with Crippen LogP contribution in [0.15, 0.2) is 56.6 Å². The number of rotatable bonds is 3. The molecule has 2 rings (SSSR count). The standard InChI is InChI=1S/C11H8Br2N2O2S/c12-8-3-1-4-9(7-8)18(16,17)15-10-5-2-6-14-11(10)13/h1-7,15H. The predicted molar refractivity (Wildman–Crippen MR) is 76.9 cm³/mol. The van der Waals surface area contributed by atoms with Crippen LogP contribution in [0.2, 0.25) is 0 Å². The maximum atomic E-state index is 12.1. The van der Waals surface area contributed by atoms with Crippen molar-refractivity contribution in [3.63, 3.8) is 0 Å². The van der Waals surface area contributed by atoms with Crippen molar-refractivity contribution in [2.75, 3.05) is 4.72 Å². The summed E-state index contributed by atoms with van der Waals surface area (Å²) in [7, 11) is -3.61. The molecule has 0 fully saturated rings. The number of nitrogens with one attached hydrogen (secondary N) is 1. The van der Waals surface area contributed by atoms with E-state index in [1.807, 2.05) is 0 Å². The zero-order valence-corrected chi connectivity index (χ0v) is 13.0. The van der Waals surface area contributed by atoms with Crippen LogP contribution >= 0.6 is 31.9 Å². The van der Waals surface area contributed by atoms with Crippen LogP contribution in [-0.2, 0) is 10.0 Å². The first-order valence-electron chi connectivity index (χ1n) is 4.88. The second kappa shape index (κ2) is 5.38. The van der Waals surface area contributed by atoms with Crippen molar-refractivity contribution >= 4 is 47.6 Å². The molecule has 7 heteroatoms. The molecule has 0 aliphatic carbocycles. The van der Waals surface area contributed by atoms with Crippen LogP contribution < -0.4 is 4.72 Å². The van der Waals surface area contributed by atoms with Gasteiger partial charge in [0.05, 0.1) is 10.6 Å². The molecule has 0 saturated heterocycles. The summed E-state index contributed by atoms with van der Waals surface area (Å²) in [6, 6.07) is 9.77. The molecule has 0 saturated carbocycles. The van der Waals surface area contributed by atoms with Crippen LogP contribution in [0.3, 0.4) is 0 Å². The molecule has 0 bridgehead atoms. The van der Waals surface area contributed by atoms with Crippen molar-refractivity contribution in [2.24, 2.45) is 0 Å². The van der Waals surface area contributed by atoms with Gasteiger partial charge in [0.15, 0.2) is 0 Å². The van der Waals surface area contributed by atoms with Crippen molar-refractivity contribution in [3.8, 4) is 0 Å². The summed E-state index contributed by atoms with van der Waals surface area (Å²) < 4.78 is 27.9. The largest absolute Gasteiger partial charge is 0.277 e. The van der Waals surface area contributed by atoms with Gasteiger partial charge < -0.3 is 0 Å². The molecular formula is C11H8Br2N2O2S. The number of sulfonamides is 1. The second-order valence-corrected chi connectivity index (χ2v) is 6.75. The SMILES string of the molecule is O=S(=O)(Nc1cccnc1Br)c1cccc(Br)c1. The summed E-state index contributed by atoms with van der Waals surface area (Å²) in [4.78, 5) is 4.14. The Balaban J connectivity index is 2.37. The number of halogens is 2. The predicted octanol–water partition coefficient (Wildman–Crippen LogP) is 3.41. The van der Waals surface area contributed by atoms with Gasteiger partial charge in [0, 0.05) is 10.7 Å². The van der Waals surface area contributed by atoms with Crippen LogP contribution in [0.4, 0.5) is 5.69 Å². The number of hydrogen-bond acceptors (Lipinski definition) is 3. The number of benzene rings is 1. The summed E-state index contributed by atoms with van der Waals surface area (Å²) in [6.07, 6.45) is 1.57. The van der Waals surface area contributed by atoms with Crippen LogP contribution in [-0.4, -0.2) is 13.4 Å². The van der Waals surface area contributed by atoms with Crippen LogP contribution in [0.25, 0.3) is 0 Å². The lowest BCUT2D eigenvalue weighted by Gasteiger charge is -2.09. The number of hydrogen-bond donors (Lipinski definition) is 1. The van der Waals surface area contributed by atoms with Crippen molar-refractivity contribution in [2.45, 2.75) is 4.90 Å². The molecule has 1 aromatic carbocycles. The van der Waals surface area contributed by atoms with Gasteiger partial charge in [0.2, 0.25) is 0 Å². The molecule has 4 nitrogen and oxygen atoms in total. The van der Waals surface area contributed by atoms with Crippen LogP contribution in [0.1, 0.15) is 0 Å². The lowest BCUT2D eigenvalue weighted by Crippen LogP contribution is -2.13. The lowest BCUT2D eigenvalue weighted by atomic mass is 10.4. The normalized spacial score (nSPS) is 11.2. The van der Waals surface area contributed by atoms with Gasteiger partial charge in [-0.1, -0.05) is 22.0 Å². The lowest BCUT2D eigenvalue weighted by molar-refractivity contribution is 0.601. The van der Waals surface area contributed by atoms with E-state index in [9.17, 15) is 8.42 Å². The molecule has 0 unspecified atom stereocenters. The molecule has 0 radical (unpaired) electrons. The molecule has 1 aromatic heterocycles. The first-order chi connectivity index (χ1) is 8.49. The maximum absolute atomic E-state index is 12.1. The van der Waals surface area contributed by atoms with E-state index in [2.05, 4.69) is 41.6 Å². The van der Waals surface area contributed by atoms with Gasteiger partial charge >= 0.3 is 0 Å². The number of pyridine rings is 1. The fourth-order valence-electron chi connectivity index (χ4n) is 1.30. The Morgan fingerprint density at radius 3 is 2.56 bits per heavy atom. The second-order valence-electron chi connectivity index (χ2n) is 3.40. The Morgan fingerprint density at radius 2 is 1.89 bits per heavy atom. The Morgan fingerprint density at radius 1 is 1.11 bits per heavy atom. The molecular weight excluding hydrogens is 384 g/mol. The van der Waals surface area contributed by atoms with Gasteiger partial charge in [-0.2, -0.15) is 0 Å². The third-order valence-electron chi connectivity index (χ3n) is 2.11. The molecule has 2 aromatic rings. The van der Waals surface area contributed by atoms with Crippen LogP contribution in [0, 0.1) is 0 Å². The number of aromatic nitrogens is 1. The molecule has 1 heterocycles. The fourth-order valence-corrected chi connectivity index (χ4v) is 3.44. The smallest absolute Gasteiger partial charge is 0.262 e. The zero-order valence-electron chi connectivity index (χ0n) is 8.97. The Kier molecular flexibility index (Phi) is 4.04. The zero-order chi connectivity index (χ0) is 13.2. The van der Waals surface area contributed by atoms with Gasteiger partial charge in [0.1, 0.15) is 4.60 Å². The van der Waals surface area contributed by atoms with Gasteiger partial charge in [-0.15, -0.1) is 0 Å². The average Bonchev–Trinajstić information content (AvgIpc) is 2.32. The van der Waals surface area contributed by atoms with E-state index < -0.39 is 10.0 Å². The van der Waals surface area contributed by atoms with E-state index in [-0.39, 0.29) is 4.90 Å². The van der Waals surface area contributed by atoms with Gasteiger partial charge in [-0.3, -0.25) is 4.72 Å². The summed E-state index contributed by atoms with van der Waals surface area (Å²) in [5.41, 5.74) is 0.400. The summed E-state index contributed by atoms with van der Waals surface area (Å²) >= 11 is 6.43. The van der Waals surface area contributed by atoms with Gasteiger partial charge in [-0.25, -0.2) is 13.4 Å². The molecule has 1 N–H and O–H groups in total. The Hall–Kier alpha value is -0.920. The number of anilines is 1. The third-order valence-corrected chi connectivity index (χ3v) is 4.60. The molecule has 0 aliphatic heterocycles. The quantitative estimate of drug-likeness (QED) is 0.815. The van der Waals surface area contributed by atoms with E-state index in [0.29, 0.717) is 14.8 Å². The maximum Gasteiger partial charge on any atom is 0.262 e. The fraction of sp³-hybridized carbons (Fsp3) is 0. The Bertz CT molecular complexity index is 674. The van der Waals surface area contributed by atoms with E-state index in [1.54, 1.807) is 30.5 Å². The highest BCUT2D eigenvalue weighted by Crippen LogP contribution is 2.23. The summed E-state index contributed by atoms with van der Waals surface area (Å²) in [6.45, 7) is 0. The minimum Gasteiger partial charge on any atom is -0.277 e. The summed E-state index contributed by atoms with van der Waals surface area (Å²) in [5.74, 6) is 0. The van der Waals surface area contributed by atoms with Gasteiger partial charge in [-0.05, 0) is 46.3 Å². The molecule has 94 valence electrons. The average molecular weight is 392 g/mol. The molecule has 0 amide bonds. The minimum absolute atomic E-state index is 0.188. The topological polar surface area (TPSA) is 59.1 Å². The van der Waals surface area contributed by atoms with Crippen molar-refractivity contribution < 1.29 is 8.42 Å². The molecule has 0 aliphatic rings. The van der Waals surface area contributed by atoms with E-state index >= 15 is 0 Å². The van der Waals surface area contributed by atoms with E-state index in [0.717, 1.165) is 0 Å². The number of nitrogens with zero attached hydrogens (tertiary/aromatic N) is 1. The first kappa shape index (κ1) is 13.5.